The first-order valence-electron chi connectivity index (χ1n) is 8.37. The first kappa shape index (κ1) is 21.2. The fourth-order valence-electron chi connectivity index (χ4n) is 2.29. The van der Waals surface area contributed by atoms with Crippen LogP contribution >= 0.6 is 11.6 Å². The molecular weight excluding hydrogens is 388 g/mol. The monoisotopic (exact) mass is 410 g/mol. The summed E-state index contributed by atoms with van der Waals surface area (Å²) in [4.78, 5) is 12.5. The van der Waals surface area contributed by atoms with Gasteiger partial charge in [-0.15, -0.1) is 0 Å². The predicted octanol–water partition coefficient (Wildman–Crippen LogP) is 3.31. The third-order valence-corrected chi connectivity index (χ3v) is 5.85. The molecule has 0 aliphatic heterocycles. The number of nitrogens with one attached hydrogen (secondary N) is 1. The number of rotatable bonds is 7. The van der Waals surface area contributed by atoms with Crippen molar-refractivity contribution >= 4 is 27.5 Å². The lowest BCUT2D eigenvalue weighted by molar-refractivity contribution is 0.0951. The van der Waals surface area contributed by atoms with Gasteiger partial charge in [0.05, 0.1) is 21.6 Å². The van der Waals surface area contributed by atoms with E-state index in [2.05, 4.69) is 5.32 Å². The van der Waals surface area contributed by atoms with Crippen molar-refractivity contribution in [1.29, 1.82) is 0 Å². The smallest absolute Gasteiger partial charge is 0.253 e. The average molecular weight is 411 g/mol. The molecule has 2 aromatic carbocycles. The molecular formula is C19H23ClN2O4S. The second-order valence-electron chi connectivity index (χ2n) is 6.42. The minimum atomic E-state index is -3.65. The summed E-state index contributed by atoms with van der Waals surface area (Å²) in [5.74, 6) is 0.308. The molecule has 0 atom stereocenters. The fraction of sp³-hybridized carbons (Fsp3) is 0.316. The molecule has 146 valence electrons. The van der Waals surface area contributed by atoms with Gasteiger partial charge in [-0.3, -0.25) is 4.79 Å². The Morgan fingerprint density at radius 1 is 1.15 bits per heavy atom. The maximum atomic E-state index is 12.5. The van der Waals surface area contributed by atoms with Crippen LogP contribution in [0.2, 0.25) is 5.02 Å². The highest BCUT2D eigenvalue weighted by Gasteiger charge is 2.20. The maximum absolute atomic E-state index is 12.5. The minimum absolute atomic E-state index is 0.0113. The Bertz CT molecular complexity index is 910. The van der Waals surface area contributed by atoms with Gasteiger partial charge >= 0.3 is 0 Å². The van der Waals surface area contributed by atoms with Gasteiger partial charge in [-0.25, -0.2) is 12.7 Å². The summed E-state index contributed by atoms with van der Waals surface area (Å²) in [6.07, 6.45) is 0.0865. The van der Waals surface area contributed by atoms with Crippen molar-refractivity contribution in [2.45, 2.75) is 31.4 Å². The molecule has 0 aliphatic carbocycles. The lowest BCUT2D eigenvalue weighted by Gasteiger charge is -2.13. The van der Waals surface area contributed by atoms with Crippen LogP contribution in [0.25, 0.3) is 0 Å². The Kier molecular flexibility index (Phi) is 6.86. The van der Waals surface area contributed by atoms with E-state index in [1.54, 1.807) is 0 Å². The van der Waals surface area contributed by atoms with Gasteiger partial charge in [0.25, 0.3) is 5.91 Å². The molecule has 8 heteroatoms. The first-order valence-corrected chi connectivity index (χ1v) is 10.2. The van der Waals surface area contributed by atoms with Gasteiger partial charge in [0.1, 0.15) is 5.75 Å². The largest absolute Gasteiger partial charge is 0.491 e. The summed E-state index contributed by atoms with van der Waals surface area (Å²) >= 11 is 6.09. The summed E-state index contributed by atoms with van der Waals surface area (Å²) < 4.78 is 31.2. The number of halogens is 1. The molecule has 0 unspecified atom stereocenters. The molecule has 0 bridgehead atoms. The topological polar surface area (TPSA) is 75.7 Å². The van der Waals surface area contributed by atoms with Crippen molar-refractivity contribution in [3.8, 4) is 5.75 Å². The normalized spacial score (nSPS) is 11.7. The SMILES string of the molecule is CC(C)Oc1ccc(CNC(=O)c2cc(S(=O)(=O)N(C)C)ccc2Cl)cc1. The zero-order chi connectivity index (χ0) is 20.2. The molecule has 27 heavy (non-hydrogen) atoms. The molecule has 1 N–H and O–H groups in total. The second-order valence-corrected chi connectivity index (χ2v) is 8.98. The molecule has 2 aromatic rings. The summed E-state index contributed by atoms with van der Waals surface area (Å²) in [6.45, 7) is 4.17. The lowest BCUT2D eigenvalue weighted by Crippen LogP contribution is -2.25. The van der Waals surface area contributed by atoms with Crippen molar-refractivity contribution in [1.82, 2.24) is 9.62 Å². The molecule has 0 radical (unpaired) electrons. The molecule has 1 amide bonds. The predicted molar refractivity (Wildman–Crippen MR) is 106 cm³/mol. The second kappa shape index (κ2) is 8.73. The minimum Gasteiger partial charge on any atom is -0.491 e. The Morgan fingerprint density at radius 2 is 1.78 bits per heavy atom. The standard InChI is InChI=1S/C19H23ClN2O4S/c1-13(2)26-15-7-5-14(6-8-15)12-21-19(23)17-11-16(9-10-18(17)20)27(24,25)22(3)4/h5-11,13H,12H2,1-4H3,(H,21,23). The summed E-state index contributed by atoms with van der Waals surface area (Å²) in [6, 6.07) is 11.4. The van der Waals surface area contributed by atoms with Gasteiger partial charge in [0.2, 0.25) is 10.0 Å². The third-order valence-electron chi connectivity index (χ3n) is 3.71. The van der Waals surface area contributed by atoms with E-state index in [0.717, 1.165) is 15.6 Å². The number of hydrogen-bond donors (Lipinski definition) is 1. The Balaban J connectivity index is 2.12. The van der Waals surface area contributed by atoms with Gasteiger partial charge < -0.3 is 10.1 Å². The van der Waals surface area contributed by atoms with Crippen LogP contribution in [0, 0.1) is 0 Å². The number of benzene rings is 2. The van der Waals surface area contributed by atoms with Crippen LogP contribution in [0.1, 0.15) is 29.8 Å². The maximum Gasteiger partial charge on any atom is 0.253 e. The van der Waals surface area contributed by atoms with Gasteiger partial charge in [-0.05, 0) is 49.7 Å². The molecule has 0 aliphatic rings. The van der Waals surface area contributed by atoms with E-state index in [0.29, 0.717) is 0 Å². The Labute approximate surface area is 165 Å². The summed E-state index contributed by atoms with van der Waals surface area (Å²) in [5.41, 5.74) is 0.993. The fourth-order valence-corrected chi connectivity index (χ4v) is 3.42. The summed E-state index contributed by atoms with van der Waals surface area (Å²) in [7, 11) is -0.797. The molecule has 0 saturated heterocycles. The number of sulfonamides is 1. The van der Waals surface area contributed by atoms with E-state index in [4.69, 9.17) is 16.3 Å². The van der Waals surface area contributed by atoms with Crippen molar-refractivity contribution in [3.63, 3.8) is 0 Å². The number of carbonyl (C=O) groups excluding carboxylic acids is 1. The van der Waals surface area contributed by atoms with Gasteiger partial charge in [0, 0.05) is 20.6 Å². The van der Waals surface area contributed by atoms with Crippen LogP contribution in [0.4, 0.5) is 0 Å². The van der Waals surface area contributed by atoms with Crippen molar-refractivity contribution in [3.05, 3.63) is 58.6 Å². The van der Waals surface area contributed by atoms with Crippen LogP contribution in [0.3, 0.4) is 0 Å². The zero-order valence-electron chi connectivity index (χ0n) is 15.7. The highest BCUT2D eigenvalue weighted by atomic mass is 35.5. The number of amides is 1. The number of hydrogen-bond acceptors (Lipinski definition) is 4. The highest BCUT2D eigenvalue weighted by molar-refractivity contribution is 7.89. The summed E-state index contributed by atoms with van der Waals surface area (Å²) in [5, 5.41) is 2.94. The van der Waals surface area contributed by atoms with Crippen molar-refractivity contribution in [2.24, 2.45) is 0 Å². The number of nitrogens with zero attached hydrogens (tertiary/aromatic N) is 1. The zero-order valence-corrected chi connectivity index (χ0v) is 17.3. The molecule has 2 rings (SSSR count). The van der Waals surface area contributed by atoms with Crippen molar-refractivity contribution < 1.29 is 17.9 Å². The molecule has 0 spiro atoms. The van der Waals surface area contributed by atoms with Gasteiger partial charge in [-0.2, -0.15) is 0 Å². The number of ether oxygens (including phenoxy) is 1. The number of carbonyl (C=O) groups is 1. The van der Waals surface area contributed by atoms with Crippen LogP contribution in [0.5, 0.6) is 5.75 Å². The van der Waals surface area contributed by atoms with Crippen LogP contribution < -0.4 is 10.1 Å². The quantitative estimate of drug-likeness (QED) is 0.759. The van der Waals surface area contributed by atoms with E-state index in [1.165, 1.54) is 32.3 Å². The van der Waals surface area contributed by atoms with Crippen LogP contribution in [0.15, 0.2) is 47.4 Å². The Hall–Kier alpha value is -2.09. The van der Waals surface area contributed by atoms with E-state index in [1.807, 2.05) is 38.1 Å². The van der Waals surface area contributed by atoms with Gasteiger partial charge in [0.15, 0.2) is 0 Å². The van der Waals surface area contributed by atoms with E-state index >= 15 is 0 Å². The van der Waals surface area contributed by atoms with E-state index in [9.17, 15) is 13.2 Å². The molecule has 6 nitrogen and oxygen atoms in total. The van der Waals surface area contributed by atoms with E-state index < -0.39 is 15.9 Å². The van der Waals surface area contributed by atoms with Crippen molar-refractivity contribution in [2.75, 3.05) is 14.1 Å². The molecule has 0 fully saturated rings. The lowest BCUT2D eigenvalue weighted by atomic mass is 10.2. The first-order chi connectivity index (χ1) is 12.6. The van der Waals surface area contributed by atoms with E-state index in [-0.39, 0.29) is 28.1 Å². The Morgan fingerprint density at radius 3 is 2.33 bits per heavy atom. The van der Waals surface area contributed by atoms with Crippen LogP contribution in [-0.4, -0.2) is 38.8 Å². The van der Waals surface area contributed by atoms with Crippen LogP contribution in [-0.2, 0) is 16.6 Å². The highest BCUT2D eigenvalue weighted by Crippen LogP contribution is 2.22. The average Bonchev–Trinajstić information content (AvgIpc) is 2.60. The molecule has 0 heterocycles. The third kappa shape index (κ3) is 5.45. The molecule has 0 aromatic heterocycles. The molecule has 0 saturated carbocycles. The van der Waals surface area contributed by atoms with Gasteiger partial charge in [-0.1, -0.05) is 23.7 Å².